The normalized spacial score (nSPS) is 28.9. The van der Waals surface area contributed by atoms with Crippen molar-refractivity contribution >= 4 is 7.75 Å². The van der Waals surface area contributed by atoms with Crippen LogP contribution in [0, 0.1) is 0 Å². The second-order valence-corrected chi connectivity index (χ2v) is 5.83. The van der Waals surface area contributed by atoms with E-state index in [9.17, 15) is 4.57 Å². The molecule has 0 saturated carbocycles. The van der Waals surface area contributed by atoms with Crippen molar-refractivity contribution in [1.82, 2.24) is 5.09 Å². The molecule has 1 N–H and O–H groups in total. The van der Waals surface area contributed by atoms with E-state index < -0.39 is 7.75 Å². The van der Waals surface area contributed by atoms with E-state index >= 15 is 0 Å². The predicted octanol–water partition coefficient (Wildman–Crippen LogP) is 2.57. The van der Waals surface area contributed by atoms with Crippen molar-refractivity contribution in [3.63, 3.8) is 0 Å². The number of para-hydroxylation sites is 1. The van der Waals surface area contributed by atoms with Crippen LogP contribution in [0.3, 0.4) is 0 Å². The molecule has 0 radical (unpaired) electrons. The quantitative estimate of drug-likeness (QED) is 0.789. The molecule has 1 fully saturated rings. The van der Waals surface area contributed by atoms with E-state index in [1.165, 1.54) is 0 Å². The molecule has 0 spiro atoms. The van der Waals surface area contributed by atoms with Crippen LogP contribution in [0.4, 0.5) is 0 Å². The standard InChI is InChI=1S/C10H14NO3P/c1-10(2)8-13-15(12,11-10)14-9-6-4-3-5-7-9/h3-7H,8H2,1-2H3,(H,11,12)/t15-/m1/s1. The molecule has 1 aliphatic heterocycles. The summed E-state index contributed by atoms with van der Waals surface area (Å²) in [6.07, 6.45) is 0. The first-order valence-corrected chi connectivity index (χ1v) is 6.32. The lowest BCUT2D eigenvalue weighted by Gasteiger charge is -2.16. The Hall–Kier alpha value is -0.830. The molecule has 5 heteroatoms. The molecule has 1 atom stereocenters. The van der Waals surface area contributed by atoms with E-state index in [1.807, 2.05) is 32.0 Å². The first-order chi connectivity index (χ1) is 6.99. The van der Waals surface area contributed by atoms with Gasteiger partial charge in [-0.25, -0.2) is 9.65 Å². The minimum absolute atomic E-state index is 0.301. The van der Waals surface area contributed by atoms with Gasteiger partial charge in [0.05, 0.1) is 6.61 Å². The molecule has 0 aromatic heterocycles. The Morgan fingerprint density at radius 3 is 2.60 bits per heavy atom. The highest BCUT2D eigenvalue weighted by atomic mass is 31.2. The maximum atomic E-state index is 12.0. The molecule has 0 amide bonds. The second kappa shape index (κ2) is 3.63. The molecule has 4 nitrogen and oxygen atoms in total. The van der Waals surface area contributed by atoms with Crippen molar-refractivity contribution in [3.8, 4) is 5.75 Å². The zero-order valence-electron chi connectivity index (χ0n) is 8.77. The van der Waals surface area contributed by atoms with Crippen molar-refractivity contribution in [2.75, 3.05) is 6.61 Å². The summed E-state index contributed by atoms with van der Waals surface area (Å²) >= 11 is 0. The van der Waals surface area contributed by atoms with E-state index in [0.29, 0.717) is 12.4 Å². The minimum atomic E-state index is -3.16. The number of hydrogen-bond acceptors (Lipinski definition) is 3. The van der Waals surface area contributed by atoms with E-state index in [4.69, 9.17) is 9.05 Å². The molecule has 1 aliphatic rings. The van der Waals surface area contributed by atoms with Crippen LogP contribution in [-0.2, 0) is 9.09 Å². The molecule has 1 aromatic rings. The zero-order valence-corrected chi connectivity index (χ0v) is 9.66. The highest BCUT2D eigenvalue weighted by Crippen LogP contribution is 2.50. The van der Waals surface area contributed by atoms with Gasteiger partial charge in [-0.1, -0.05) is 18.2 Å². The van der Waals surface area contributed by atoms with Crippen LogP contribution in [0.25, 0.3) is 0 Å². The van der Waals surface area contributed by atoms with E-state index in [-0.39, 0.29) is 5.54 Å². The number of nitrogens with one attached hydrogen (secondary N) is 1. The average Bonchev–Trinajstić information content (AvgIpc) is 2.42. The maximum absolute atomic E-state index is 12.0. The van der Waals surface area contributed by atoms with Crippen LogP contribution < -0.4 is 9.61 Å². The smallest absolute Gasteiger partial charge is 0.413 e. The second-order valence-electron chi connectivity index (χ2n) is 4.17. The summed E-state index contributed by atoms with van der Waals surface area (Å²) in [7, 11) is -3.16. The summed E-state index contributed by atoms with van der Waals surface area (Å²) in [5.41, 5.74) is -0.301. The van der Waals surface area contributed by atoms with Gasteiger partial charge in [-0.2, -0.15) is 0 Å². The van der Waals surface area contributed by atoms with Gasteiger partial charge in [0.2, 0.25) is 0 Å². The van der Waals surface area contributed by atoms with Crippen LogP contribution >= 0.6 is 7.75 Å². The van der Waals surface area contributed by atoms with E-state index in [0.717, 1.165) is 0 Å². The van der Waals surface area contributed by atoms with Gasteiger partial charge in [0.1, 0.15) is 5.75 Å². The minimum Gasteiger partial charge on any atom is -0.413 e. The van der Waals surface area contributed by atoms with Gasteiger partial charge in [-0.05, 0) is 26.0 Å². The topological polar surface area (TPSA) is 47.6 Å². The molecule has 15 heavy (non-hydrogen) atoms. The van der Waals surface area contributed by atoms with Crippen molar-refractivity contribution < 1.29 is 13.6 Å². The summed E-state index contributed by atoms with van der Waals surface area (Å²) in [4.78, 5) is 0. The van der Waals surface area contributed by atoms with Gasteiger partial charge < -0.3 is 4.52 Å². The predicted molar refractivity (Wildman–Crippen MR) is 57.8 cm³/mol. The van der Waals surface area contributed by atoms with Gasteiger partial charge in [0.25, 0.3) is 0 Å². The summed E-state index contributed by atoms with van der Waals surface area (Å²) < 4.78 is 22.5. The first kappa shape index (κ1) is 10.7. The Kier molecular flexibility index (Phi) is 2.59. The Balaban J connectivity index is 2.11. The Morgan fingerprint density at radius 1 is 1.40 bits per heavy atom. The maximum Gasteiger partial charge on any atom is 0.459 e. The van der Waals surface area contributed by atoms with Crippen LogP contribution in [0.2, 0.25) is 0 Å². The van der Waals surface area contributed by atoms with Crippen LogP contribution in [-0.4, -0.2) is 12.1 Å². The molecule has 1 heterocycles. The first-order valence-electron chi connectivity index (χ1n) is 4.78. The SMILES string of the molecule is CC1(C)CO[P@@](=O)(Oc2ccccc2)N1. The van der Waals surface area contributed by atoms with Gasteiger partial charge in [-0.3, -0.25) is 4.52 Å². The molecule has 0 unspecified atom stereocenters. The average molecular weight is 227 g/mol. The third-order valence-corrected chi connectivity index (χ3v) is 3.80. The van der Waals surface area contributed by atoms with Gasteiger partial charge in [0, 0.05) is 5.54 Å². The molecule has 1 aromatic carbocycles. The van der Waals surface area contributed by atoms with Crippen LogP contribution in [0.15, 0.2) is 30.3 Å². The summed E-state index contributed by atoms with van der Waals surface area (Å²) in [6, 6.07) is 9.01. The Bertz CT molecular complexity index is 391. The molecule has 82 valence electrons. The highest BCUT2D eigenvalue weighted by Gasteiger charge is 2.42. The van der Waals surface area contributed by atoms with Crippen LogP contribution in [0.1, 0.15) is 13.8 Å². The van der Waals surface area contributed by atoms with E-state index in [2.05, 4.69) is 5.09 Å². The largest absolute Gasteiger partial charge is 0.459 e. The molecule has 0 aliphatic carbocycles. The fraction of sp³-hybridized carbons (Fsp3) is 0.400. The lowest BCUT2D eigenvalue weighted by Crippen LogP contribution is -2.33. The molecular weight excluding hydrogens is 213 g/mol. The Labute approximate surface area is 89.2 Å². The van der Waals surface area contributed by atoms with Gasteiger partial charge in [-0.15, -0.1) is 0 Å². The lowest BCUT2D eigenvalue weighted by atomic mass is 10.1. The Morgan fingerprint density at radius 2 is 2.07 bits per heavy atom. The fourth-order valence-electron chi connectivity index (χ4n) is 1.35. The van der Waals surface area contributed by atoms with Gasteiger partial charge in [0.15, 0.2) is 0 Å². The summed E-state index contributed by atoms with van der Waals surface area (Å²) in [6.45, 7) is 4.22. The highest BCUT2D eigenvalue weighted by molar-refractivity contribution is 7.52. The van der Waals surface area contributed by atoms with Crippen molar-refractivity contribution in [3.05, 3.63) is 30.3 Å². The molecule has 2 rings (SSSR count). The number of hydrogen-bond donors (Lipinski definition) is 1. The number of rotatable bonds is 2. The monoisotopic (exact) mass is 227 g/mol. The van der Waals surface area contributed by atoms with Crippen LogP contribution in [0.5, 0.6) is 5.75 Å². The molecule has 0 bridgehead atoms. The van der Waals surface area contributed by atoms with Crippen molar-refractivity contribution in [2.24, 2.45) is 0 Å². The summed E-state index contributed by atoms with van der Waals surface area (Å²) in [5, 5.41) is 2.87. The van der Waals surface area contributed by atoms with Crippen molar-refractivity contribution in [2.45, 2.75) is 19.4 Å². The lowest BCUT2D eigenvalue weighted by molar-refractivity contribution is 0.270. The third-order valence-electron chi connectivity index (χ3n) is 2.00. The zero-order chi connectivity index (χ0) is 10.9. The fourth-order valence-corrected chi connectivity index (χ4v) is 3.21. The number of benzene rings is 1. The van der Waals surface area contributed by atoms with Gasteiger partial charge >= 0.3 is 7.75 Å². The molecule has 1 saturated heterocycles. The van der Waals surface area contributed by atoms with Crippen molar-refractivity contribution in [1.29, 1.82) is 0 Å². The molecular formula is C10H14NO3P. The van der Waals surface area contributed by atoms with E-state index in [1.54, 1.807) is 12.1 Å². The summed E-state index contributed by atoms with van der Waals surface area (Å²) in [5.74, 6) is 0.547. The third kappa shape index (κ3) is 2.59.